The van der Waals surface area contributed by atoms with Crippen molar-refractivity contribution < 1.29 is 14.8 Å². The van der Waals surface area contributed by atoms with Gasteiger partial charge in [-0.05, 0) is 35.4 Å². The summed E-state index contributed by atoms with van der Waals surface area (Å²) < 4.78 is 5.63. The van der Waals surface area contributed by atoms with Crippen LogP contribution < -0.4 is 4.74 Å². The lowest BCUT2D eigenvalue weighted by atomic mass is 10.1. The van der Waals surface area contributed by atoms with Crippen molar-refractivity contribution in [3.05, 3.63) is 56.3 Å². The van der Waals surface area contributed by atoms with E-state index in [1.807, 2.05) is 11.4 Å². The number of thiophene rings is 1. The molecule has 0 amide bonds. The number of nitro groups is 1. The first-order chi connectivity index (χ1) is 9.58. The second-order valence-corrected chi connectivity index (χ2v) is 5.17. The number of nitrogens with zero attached hydrogens (tertiary/aromatic N) is 1. The molecule has 5 nitrogen and oxygen atoms in total. The van der Waals surface area contributed by atoms with Crippen LogP contribution in [0.15, 0.2) is 35.0 Å². The van der Waals surface area contributed by atoms with Gasteiger partial charge in [0.05, 0.1) is 17.6 Å². The highest BCUT2D eigenvalue weighted by atomic mass is 32.1. The van der Waals surface area contributed by atoms with Crippen molar-refractivity contribution in [1.29, 1.82) is 0 Å². The van der Waals surface area contributed by atoms with E-state index >= 15 is 0 Å². The minimum atomic E-state index is -0.814. The SMILES string of the molecule is C[C@H](O)c1cc([N+](=O)[O-])ccc1OCCc1ccsc1. The lowest BCUT2D eigenvalue weighted by molar-refractivity contribution is -0.385. The molecular weight excluding hydrogens is 278 g/mol. The average molecular weight is 293 g/mol. The molecule has 0 saturated heterocycles. The Morgan fingerprint density at radius 2 is 2.25 bits per heavy atom. The van der Waals surface area contributed by atoms with E-state index in [2.05, 4.69) is 5.38 Å². The van der Waals surface area contributed by atoms with E-state index in [9.17, 15) is 15.2 Å². The van der Waals surface area contributed by atoms with Crippen molar-refractivity contribution in [2.24, 2.45) is 0 Å². The first-order valence-electron chi connectivity index (χ1n) is 6.18. The Balaban J connectivity index is 2.08. The van der Waals surface area contributed by atoms with Crippen LogP contribution in [0.5, 0.6) is 5.75 Å². The second kappa shape index (κ2) is 6.49. The fourth-order valence-corrected chi connectivity index (χ4v) is 2.52. The Kier molecular flexibility index (Phi) is 4.70. The zero-order chi connectivity index (χ0) is 14.5. The van der Waals surface area contributed by atoms with Gasteiger partial charge in [0.15, 0.2) is 0 Å². The van der Waals surface area contributed by atoms with Gasteiger partial charge in [0.2, 0.25) is 0 Å². The molecule has 6 heteroatoms. The highest BCUT2D eigenvalue weighted by Gasteiger charge is 2.15. The van der Waals surface area contributed by atoms with E-state index in [4.69, 9.17) is 4.74 Å². The Morgan fingerprint density at radius 1 is 1.45 bits per heavy atom. The molecule has 2 aromatic rings. The first-order valence-corrected chi connectivity index (χ1v) is 7.12. The van der Waals surface area contributed by atoms with Gasteiger partial charge in [0.1, 0.15) is 5.75 Å². The maximum absolute atomic E-state index is 10.7. The first kappa shape index (κ1) is 14.5. The molecule has 1 aromatic carbocycles. The summed E-state index contributed by atoms with van der Waals surface area (Å²) in [7, 11) is 0. The molecule has 1 heterocycles. The molecule has 0 bridgehead atoms. The van der Waals surface area contributed by atoms with Gasteiger partial charge in [-0.2, -0.15) is 11.3 Å². The van der Waals surface area contributed by atoms with Crippen molar-refractivity contribution in [2.75, 3.05) is 6.61 Å². The normalized spacial score (nSPS) is 12.1. The quantitative estimate of drug-likeness (QED) is 0.655. The number of ether oxygens (including phenoxy) is 1. The molecule has 0 spiro atoms. The number of non-ortho nitro benzene ring substituents is 1. The zero-order valence-corrected chi connectivity index (χ0v) is 11.8. The maximum Gasteiger partial charge on any atom is 0.270 e. The van der Waals surface area contributed by atoms with E-state index in [1.54, 1.807) is 18.3 Å². The third kappa shape index (κ3) is 3.55. The summed E-state index contributed by atoms with van der Waals surface area (Å²) in [6, 6.07) is 6.30. The summed E-state index contributed by atoms with van der Waals surface area (Å²) in [5.74, 6) is 0.487. The molecule has 0 saturated carbocycles. The number of rotatable bonds is 6. The molecule has 0 radical (unpaired) electrons. The zero-order valence-electron chi connectivity index (χ0n) is 11.0. The monoisotopic (exact) mass is 293 g/mol. The van der Waals surface area contributed by atoms with Crippen LogP contribution in [0, 0.1) is 10.1 Å². The number of hydrogen-bond donors (Lipinski definition) is 1. The molecule has 106 valence electrons. The average Bonchev–Trinajstić information content (AvgIpc) is 2.91. The van der Waals surface area contributed by atoms with E-state index in [-0.39, 0.29) is 5.69 Å². The molecule has 1 N–H and O–H groups in total. The fourth-order valence-electron chi connectivity index (χ4n) is 1.82. The van der Waals surface area contributed by atoms with Crippen molar-refractivity contribution in [3.63, 3.8) is 0 Å². The molecule has 0 unspecified atom stereocenters. The third-order valence-corrected chi connectivity index (χ3v) is 3.61. The van der Waals surface area contributed by atoms with Crippen LogP contribution in [0.2, 0.25) is 0 Å². The van der Waals surface area contributed by atoms with Gasteiger partial charge in [-0.15, -0.1) is 0 Å². The molecule has 0 aliphatic heterocycles. The molecule has 1 atom stereocenters. The van der Waals surface area contributed by atoms with Crippen LogP contribution in [-0.2, 0) is 6.42 Å². The minimum Gasteiger partial charge on any atom is -0.493 e. The van der Waals surface area contributed by atoms with Gasteiger partial charge in [-0.25, -0.2) is 0 Å². The molecule has 0 fully saturated rings. The third-order valence-electron chi connectivity index (χ3n) is 2.88. The number of aliphatic hydroxyl groups is 1. The van der Waals surface area contributed by atoms with E-state index in [1.165, 1.54) is 23.8 Å². The van der Waals surface area contributed by atoms with Crippen molar-refractivity contribution in [1.82, 2.24) is 0 Å². The molecule has 0 aliphatic carbocycles. The summed E-state index contributed by atoms with van der Waals surface area (Å²) >= 11 is 1.63. The molecule has 2 rings (SSSR count). The second-order valence-electron chi connectivity index (χ2n) is 4.39. The molecular formula is C14H15NO4S. The highest BCUT2D eigenvalue weighted by molar-refractivity contribution is 7.07. The summed E-state index contributed by atoms with van der Waals surface area (Å²) in [5.41, 5.74) is 1.58. The predicted molar refractivity (Wildman–Crippen MR) is 77.2 cm³/mol. The summed E-state index contributed by atoms with van der Waals surface area (Å²) in [5, 5.41) is 24.5. The highest BCUT2D eigenvalue weighted by Crippen LogP contribution is 2.29. The number of benzene rings is 1. The van der Waals surface area contributed by atoms with Crippen LogP contribution in [-0.4, -0.2) is 16.6 Å². The largest absolute Gasteiger partial charge is 0.493 e. The van der Waals surface area contributed by atoms with Gasteiger partial charge >= 0.3 is 0 Å². The Labute approximate surface area is 120 Å². The van der Waals surface area contributed by atoms with Crippen LogP contribution in [0.4, 0.5) is 5.69 Å². The summed E-state index contributed by atoms with van der Waals surface area (Å²) in [6.07, 6.45) is -0.0502. The Hall–Kier alpha value is -1.92. The van der Waals surface area contributed by atoms with E-state index < -0.39 is 11.0 Å². The molecule has 0 aliphatic rings. The minimum absolute atomic E-state index is 0.0499. The number of nitro benzene ring substituents is 1. The summed E-state index contributed by atoms with van der Waals surface area (Å²) in [4.78, 5) is 10.3. The van der Waals surface area contributed by atoms with Gasteiger partial charge in [-0.3, -0.25) is 10.1 Å². The van der Waals surface area contributed by atoms with Gasteiger partial charge in [0.25, 0.3) is 5.69 Å². The lowest BCUT2D eigenvalue weighted by Crippen LogP contribution is -2.05. The van der Waals surface area contributed by atoms with Crippen LogP contribution in [0.3, 0.4) is 0 Å². The maximum atomic E-state index is 10.7. The predicted octanol–water partition coefficient (Wildman–Crippen LogP) is 3.33. The molecule has 20 heavy (non-hydrogen) atoms. The van der Waals surface area contributed by atoms with Gasteiger partial charge < -0.3 is 9.84 Å². The van der Waals surface area contributed by atoms with Gasteiger partial charge in [-0.1, -0.05) is 0 Å². The standard InChI is InChI=1S/C14H15NO4S/c1-10(16)13-8-12(15(17)18)2-3-14(13)19-6-4-11-5-7-20-9-11/h2-3,5,7-10,16H,4,6H2,1H3/t10-/m0/s1. The van der Waals surface area contributed by atoms with Crippen LogP contribution >= 0.6 is 11.3 Å². The number of aliphatic hydroxyl groups excluding tert-OH is 1. The Morgan fingerprint density at radius 3 is 2.85 bits per heavy atom. The Bertz CT molecular complexity index is 581. The van der Waals surface area contributed by atoms with Crippen molar-refractivity contribution in [3.8, 4) is 5.75 Å². The van der Waals surface area contributed by atoms with E-state index in [0.717, 1.165) is 6.42 Å². The van der Waals surface area contributed by atoms with Gasteiger partial charge in [0, 0.05) is 24.1 Å². The smallest absolute Gasteiger partial charge is 0.270 e. The molecule has 1 aromatic heterocycles. The van der Waals surface area contributed by atoms with Crippen LogP contribution in [0.25, 0.3) is 0 Å². The lowest BCUT2D eigenvalue weighted by Gasteiger charge is -2.13. The number of hydrogen-bond acceptors (Lipinski definition) is 5. The summed E-state index contributed by atoms with van der Waals surface area (Å²) in [6.45, 7) is 2.03. The van der Waals surface area contributed by atoms with Crippen LogP contribution in [0.1, 0.15) is 24.2 Å². The van der Waals surface area contributed by atoms with Crippen molar-refractivity contribution in [2.45, 2.75) is 19.4 Å². The van der Waals surface area contributed by atoms with E-state index in [0.29, 0.717) is 17.9 Å². The van der Waals surface area contributed by atoms with Crippen molar-refractivity contribution >= 4 is 17.0 Å². The topological polar surface area (TPSA) is 72.6 Å². The fraction of sp³-hybridized carbons (Fsp3) is 0.286.